The van der Waals surface area contributed by atoms with E-state index in [4.69, 9.17) is 9.47 Å². The van der Waals surface area contributed by atoms with Crippen molar-refractivity contribution < 1.29 is 19.4 Å². The quantitative estimate of drug-likeness (QED) is 0.634. The zero-order valence-electron chi connectivity index (χ0n) is 18.8. The summed E-state index contributed by atoms with van der Waals surface area (Å²) in [5, 5.41) is 14.1. The van der Waals surface area contributed by atoms with Crippen LogP contribution in [0, 0.1) is 0 Å². The van der Waals surface area contributed by atoms with Crippen molar-refractivity contribution in [2.75, 3.05) is 19.0 Å². The fraction of sp³-hybridized carbons (Fsp3) is 0.375. The van der Waals surface area contributed by atoms with Gasteiger partial charge >= 0.3 is 6.09 Å². The molecule has 1 aliphatic heterocycles. The van der Waals surface area contributed by atoms with E-state index in [0.29, 0.717) is 30.2 Å². The first-order chi connectivity index (χ1) is 15.3. The van der Waals surface area contributed by atoms with Gasteiger partial charge in [0.25, 0.3) is 0 Å². The number of aliphatic hydroxyl groups excluding tert-OH is 1. The summed E-state index contributed by atoms with van der Waals surface area (Å²) in [6.45, 7) is 6.60. The third-order valence-corrected chi connectivity index (χ3v) is 5.30. The first-order valence-electron chi connectivity index (χ1n) is 10.6. The molecule has 0 radical (unpaired) electrons. The number of nitrogens with one attached hydrogen (secondary N) is 1. The molecule has 0 atom stereocenters. The van der Waals surface area contributed by atoms with Gasteiger partial charge in [-0.15, -0.1) is 0 Å². The number of pyridine rings is 2. The average Bonchev–Trinajstić information content (AvgIpc) is 2.77. The maximum atomic E-state index is 12.4. The summed E-state index contributed by atoms with van der Waals surface area (Å²) in [6.07, 6.45) is 2.07. The summed E-state index contributed by atoms with van der Waals surface area (Å²) in [4.78, 5) is 22.9. The molecule has 0 bridgehead atoms. The zero-order valence-corrected chi connectivity index (χ0v) is 18.8. The molecule has 0 aliphatic carbocycles. The van der Waals surface area contributed by atoms with Gasteiger partial charge in [-0.2, -0.15) is 4.98 Å². The maximum absolute atomic E-state index is 12.4. The zero-order chi connectivity index (χ0) is 22.9. The van der Waals surface area contributed by atoms with Crippen molar-refractivity contribution in [3.05, 3.63) is 53.2 Å². The molecule has 3 aromatic rings. The molecular formula is C24H28N4O4. The van der Waals surface area contributed by atoms with Crippen LogP contribution in [-0.2, 0) is 24.3 Å². The predicted molar refractivity (Wildman–Crippen MR) is 122 cm³/mol. The molecule has 0 unspecified atom stereocenters. The van der Waals surface area contributed by atoms with Crippen LogP contribution in [0.15, 0.2) is 36.5 Å². The number of anilines is 2. The fourth-order valence-electron chi connectivity index (χ4n) is 3.74. The Kier molecular flexibility index (Phi) is 5.88. The topological polar surface area (TPSA) is 96.8 Å². The van der Waals surface area contributed by atoms with Gasteiger partial charge in [-0.1, -0.05) is 6.07 Å². The number of ether oxygens (including phenoxy) is 2. The molecule has 8 heteroatoms. The van der Waals surface area contributed by atoms with Gasteiger partial charge in [0.05, 0.1) is 19.4 Å². The molecule has 32 heavy (non-hydrogen) atoms. The highest BCUT2D eigenvalue weighted by molar-refractivity contribution is 5.93. The van der Waals surface area contributed by atoms with Crippen LogP contribution in [0.4, 0.5) is 16.2 Å². The van der Waals surface area contributed by atoms with E-state index >= 15 is 0 Å². The summed E-state index contributed by atoms with van der Waals surface area (Å²) in [5.74, 6) is 0.482. The Morgan fingerprint density at radius 1 is 1.22 bits per heavy atom. The molecule has 2 N–H and O–H groups in total. The second kappa shape index (κ2) is 8.63. The number of hydrogen-bond donors (Lipinski definition) is 2. The average molecular weight is 437 g/mol. The predicted octanol–water partition coefficient (Wildman–Crippen LogP) is 4.17. The number of amides is 1. The number of fused-ring (bicyclic) bond motifs is 2. The van der Waals surface area contributed by atoms with Gasteiger partial charge in [-0.05, 0) is 56.5 Å². The van der Waals surface area contributed by atoms with E-state index < -0.39 is 5.60 Å². The molecule has 168 valence electrons. The SMILES string of the molecule is COc1ccc2c(Nc3ccc4c(c3)CCN(C(=O)OC(C)(C)C)C4)c(CO)cnc2n1. The van der Waals surface area contributed by atoms with Crippen LogP contribution < -0.4 is 10.1 Å². The lowest BCUT2D eigenvalue weighted by atomic mass is 9.99. The Morgan fingerprint density at radius 2 is 2.03 bits per heavy atom. The highest BCUT2D eigenvalue weighted by atomic mass is 16.6. The molecular weight excluding hydrogens is 408 g/mol. The molecule has 4 rings (SSSR count). The highest BCUT2D eigenvalue weighted by Gasteiger charge is 2.26. The minimum absolute atomic E-state index is 0.146. The van der Waals surface area contributed by atoms with E-state index in [1.807, 2.05) is 39.0 Å². The van der Waals surface area contributed by atoms with Crippen molar-refractivity contribution in [2.24, 2.45) is 0 Å². The summed E-state index contributed by atoms with van der Waals surface area (Å²) < 4.78 is 10.7. The second-order valence-electron chi connectivity index (χ2n) is 8.80. The highest BCUT2D eigenvalue weighted by Crippen LogP contribution is 2.31. The van der Waals surface area contributed by atoms with Gasteiger partial charge in [-0.3, -0.25) is 0 Å². The van der Waals surface area contributed by atoms with Crippen molar-refractivity contribution in [2.45, 2.75) is 45.9 Å². The fourth-order valence-corrected chi connectivity index (χ4v) is 3.74. The van der Waals surface area contributed by atoms with Crippen molar-refractivity contribution >= 4 is 28.5 Å². The van der Waals surface area contributed by atoms with Crippen molar-refractivity contribution in [1.29, 1.82) is 0 Å². The number of carbonyl (C=O) groups is 1. The van der Waals surface area contributed by atoms with Crippen LogP contribution in [0.3, 0.4) is 0 Å². The number of aliphatic hydroxyl groups is 1. The number of aromatic nitrogens is 2. The largest absolute Gasteiger partial charge is 0.481 e. The molecule has 0 saturated heterocycles. The number of benzene rings is 1. The Bertz CT molecular complexity index is 1160. The van der Waals surface area contributed by atoms with Gasteiger partial charge in [0.2, 0.25) is 5.88 Å². The number of methoxy groups -OCH3 is 1. The number of hydrogen-bond acceptors (Lipinski definition) is 7. The molecule has 3 heterocycles. The summed E-state index contributed by atoms with van der Waals surface area (Å²) in [6, 6.07) is 9.74. The monoisotopic (exact) mass is 436 g/mol. The van der Waals surface area contributed by atoms with Crippen LogP contribution in [0.25, 0.3) is 11.0 Å². The Labute approximate surface area is 187 Å². The van der Waals surface area contributed by atoms with Crippen LogP contribution in [0.5, 0.6) is 5.88 Å². The first kappa shape index (κ1) is 21.8. The van der Waals surface area contributed by atoms with Crippen molar-refractivity contribution in [3.8, 4) is 5.88 Å². The Balaban J connectivity index is 1.58. The lowest BCUT2D eigenvalue weighted by Gasteiger charge is -2.31. The van der Waals surface area contributed by atoms with Gasteiger partial charge in [0.15, 0.2) is 5.65 Å². The summed E-state index contributed by atoms with van der Waals surface area (Å²) in [5.41, 5.74) is 4.64. The number of nitrogens with zero attached hydrogens (tertiary/aromatic N) is 3. The normalized spacial score (nSPS) is 13.6. The van der Waals surface area contributed by atoms with Crippen LogP contribution in [-0.4, -0.2) is 45.3 Å². The minimum atomic E-state index is -0.512. The van der Waals surface area contributed by atoms with Crippen molar-refractivity contribution in [3.63, 3.8) is 0 Å². The lowest BCUT2D eigenvalue weighted by Crippen LogP contribution is -2.39. The number of rotatable bonds is 4. The second-order valence-corrected chi connectivity index (χ2v) is 8.80. The standard InChI is InChI=1S/C24H28N4O4/c1-24(2,3)32-23(30)28-10-9-15-11-18(6-5-16(15)13-28)26-21-17(14-29)12-25-22-19(21)7-8-20(27-22)31-4/h5-8,11-12,29H,9-10,13-14H2,1-4H3,(H,25,26,27). The molecule has 1 amide bonds. The minimum Gasteiger partial charge on any atom is -0.481 e. The smallest absolute Gasteiger partial charge is 0.410 e. The molecule has 0 fully saturated rings. The third-order valence-electron chi connectivity index (χ3n) is 5.30. The molecule has 2 aromatic heterocycles. The van der Waals surface area contributed by atoms with Crippen LogP contribution in [0.2, 0.25) is 0 Å². The molecule has 1 aromatic carbocycles. The Morgan fingerprint density at radius 3 is 2.75 bits per heavy atom. The summed E-state index contributed by atoms with van der Waals surface area (Å²) in [7, 11) is 1.56. The number of carbonyl (C=O) groups excluding carboxylic acids is 1. The van der Waals surface area contributed by atoms with Crippen LogP contribution >= 0.6 is 0 Å². The lowest BCUT2D eigenvalue weighted by molar-refractivity contribution is 0.0224. The van der Waals surface area contributed by atoms with Crippen molar-refractivity contribution in [1.82, 2.24) is 14.9 Å². The Hall–Kier alpha value is -3.39. The molecule has 1 aliphatic rings. The van der Waals surface area contributed by atoms with Gasteiger partial charge < -0.3 is 24.8 Å². The van der Waals surface area contributed by atoms with E-state index in [-0.39, 0.29) is 12.7 Å². The van der Waals surface area contributed by atoms with Gasteiger partial charge in [0.1, 0.15) is 5.60 Å². The van der Waals surface area contributed by atoms with E-state index in [1.54, 1.807) is 24.3 Å². The van der Waals surface area contributed by atoms with E-state index in [0.717, 1.165) is 28.7 Å². The van der Waals surface area contributed by atoms with Gasteiger partial charge in [-0.25, -0.2) is 9.78 Å². The van der Waals surface area contributed by atoms with E-state index in [2.05, 4.69) is 21.4 Å². The maximum Gasteiger partial charge on any atom is 0.410 e. The molecule has 8 nitrogen and oxygen atoms in total. The van der Waals surface area contributed by atoms with Gasteiger partial charge in [0, 0.05) is 42.0 Å². The molecule has 0 saturated carbocycles. The molecule has 0 spiro atoms. The first-order valence-corrected chi connectivity index (χ1v) is 10.6. The van der Waals surface area contributed by atoms with E-state index in [1.165, 1.54) is 5.56 Å². The third kappa shape index (κ3) is 4.60. The summed E-state index contributed by atoms with van der Waals surface area (Å²) >= 11 is 0. The van der Waals surface area contributed by atoms with E-state index in [9.17, 15) is 9.90 Å². The van der Waals surface area contributed by atoms with Crippen LogP contribution in [0.1, 0.15) is 37.5 Å².